The quantitative estimate of drug-likeness (QED) is 0.107. The van der Waals surface area contributed by atoms with Crippen LogP contribution in [0.2, 0.25) is 30.1 Å². The lowest BCUT2D eigenvalue weighted by molar-refractivity contribution is -0.384. The molecule has 0 aliphatic rings. The lowest BCUT2D eigenvalue weighted by atomic mass is 10.2. The summed E-state index contributed by atoms with van der Waals surface area (Å²) < 4.78 is 1.51. The molecule has 0 spiro atoms. The molecule has 3 aromatic carbocycles. The molecule has 5 N–H and O–H groups in total. The van der Waals surface area contributed by atoms with Gasteiger partial charge in [-0.05, 0) is 30.3 Å². The fraction of sp³-hybridized carbons (Fsp3) is 0.130. The first kappa shape index (κ1) is 32.8. The fourth-order valence-electron chi connectivity index (χ4n) is 2.88. The Kier molecular flexibility index (Phi) is 13.0. The molecular formula is C23H19Cl6N5O5. The Morgan fingerprint density at radius 1 is 0.769 bits per heavy atom. The molecule has 10 nitrogen and oxygen atoms in total. The molecule has 4 aromatic rings. The second-order valence-electron chi connectivity index (χ2n) is 7.23. The largest absolute Gasteiger partial charge is 0.398 e. The van der Waals surface area contributed by atoms with Crippen molar-refractivity contribution in [1.29, 1.82) is 0 Å². The number of nitrogen functional groups attached to an aromatic ring is 1. The topological polar surface area (TPSA) is 161 Å². The Balaban J connectivity index is 0.000000208. The van der Waals surface area contributed by atoms with Crippen molar-refractivity contribution < 1.29 is 20.2 Å². The second-order valence-corrected chi connectivity index (χ2v) is 9.58. The van der Waals surface area contributed by atoms with Gasteiger partial charge in [0, 0.05) is 37.8 Å². The van der Waals surface area contributed by atoms with Crippen molar-refractivity contribution >= 4 is 81.0 Å². The van der Waals surface area contributed by atoms with Gasteiger partial charge in [-0.3, -0.25) is 10.1 Å². The third kappa shape index (κ3) is 8.31. The summed E-state index contributed by atoms with van der Waals surface area (Å²) in [5.74, 6) is 0. The summed E-state index contributed by atoms with van der Waals surface area (Å²) in [5, 5.41) is 46.3. The van der Waals surface area contributed by atoms with Crippen LogP contribution in [0, 0.1) is 10.1 Å². The van der Waals surface area contributed by atoms with Crippen molar-refractivity contribution in [1.82, 2.24) is 15.0 Å². The molecule has 1 aromatic heterocycles. The average Bonchev–Trinajstić information content (AvgIpc) is 3.43. The van der Waals surface area contributed by atoms with Crippen LogP contribution in [0.3, 0.4) is 0 Å². The zero-order chi connectivity index (χ0) is 29.3. The number of aliphatic hydroxyl groups excluding tert-OH is 3. The molecule has 0 amide bonds. The molecule has 0 saturated heterocycles. The van der Waals surface area contributed by atoms with Gasteiger partial charge in [-0.1, -0.05) is 74.8 Å². The van der Waals surface area contributed by atoms with Crippen LogP contribution < -0.4 is 5.73 Å². The molecule has 1 heterocycles. The molecule has 208 valence electrons. The summed E-state index contributed by atoms with van der Waals surface area (Å²) in [6.45, 7) is -0.817. The molecular weight excluding hydrogens is 639 g/mol. The highest BCUT2D eigenvalue weighted by Gasteiger charge is 2.17. The molecule has 0 radical (unpaired) electrons. The van der Waals surface area contributed by atoms with E-state index in [0.717, 1.165) is 0 Å². The van der Waals surface area contributed by atoms with Gasteiger partial charge in [0.2, 0.25) is 0 Å². The lowest BCUT2D eigenvalue weighted by Gasteiger charge is -2.08. The number of hydrogen-bond acceptors (Lipinski definition) is 8. The van der Waals surface area contributed by atoms with Gasteiger partial charge in [0.05, 0.1) is 58.6 Å². The van der Waals surface area contributed by atoms with Crippen molar-refractivity contribution in [2.45, 2.75) is 19.8 Å². The van der Waals surface area contributed by atoms with E-state index in [9.17, 15) is 10.1 Å². The minimum Gasteiger partial charge on any atom is -0.398 e. The van der Waals surface area contributed by atoms with Gasteiger partial charge in [0.25, 0.3) is 5.69 Å². The second kappa shape index (κ2) is 15.4. The number of benzene rings is 3. The van der Waals surface area contributed by atoms with Crippen molar-refractivity contribution in [2.24, 2.45) is 0 Å². The molecule has 0 saturated carbocycles. The van der Waals surface area contributed by atoms with Crippen LogP contribution in [0.25, 0.3) is 5.69 Å². The molecule has 0 aliphatic carbocycles. The minimum atomic E-state index is -0.627. The summed E-state index contributed by atoms with van der Waals surface area (Å²) in [6, 6.07) is 9.12. The third-order valence-corrected chi connectivity index (χ3v) is 7.24. The van der Waals surface area contributed by atoms with Gasteiger partial charge in [-0.15, -0.1) is 5.10 Å². The smallest absolute Gasteiger partial charge is 0.288 e. The SMILES string of the molecule is Nc1ccc(Cl)c(CO)c1Cl.O=[N+]([O-])c1ccc(Cl)c(CO)c1Cl.OCc1c(Cl)ccc(-n2ccnn2)c1Cl. The first-order valence-electron chi connectivity index (χ1n) is 10.5. The number of nitrogens with zero attached hydrogens (tertiary/aromatic N) is 4. The predicted octanol–water partition coefficient (Wildman–Crippen LogP) is 6.53. The first-order valence-corrected chi connectivity index (χ1v) is 12.7. The highest BCUT2D eigenvalue weighted by Crippen LogP contribution is 2.33. The number of nitrogens with two attached hydrogens (primary N) is 1. The van der Waals surface area contributed by atoms with E-state index < -0.39 is 11.5 Å². The van der Waals surface area contributed by atoms with Gasteiger partial charge in [-0.2, -0.15) is 0 Å². The molecule has 0 atom stereocenters. The van der Waals surface area contributed by atoms with E-state index in [1.54, 1.807) is 36.7 Å². The van der Waals surface area contributed by atoms with Crippen molar-refractivity contribution in [3.8, 4) is 5.69 Å². The third-order valence-electron chi connectivity index (χ3n) is 4.89. The summed E-state index contributed by atoms with van der Waals surface area (Å²) in [4.78, 5) is 9.77. The molecule has 16 heteroatoms. The van der Waals surface area contributed by atoms with Crippen molar-refractivity contribution in [2.75, 3.05) is 5.73 Å². The minimum absolute atomic E-state index is 0.111. The number of nitro groups is 1. The predicted molar refractivity (Wildman–Crippen MR) is 153 cm³/mol. The van der Waals surface area contributed by atoms with Crippen LogP contribution in [-0.2, 0) is 19.8 Å². The maximum Gasteiger partial charge on any atom is 0.288 e. The van der Waals surface area contributed by atoms with Gasteiger partial charge in [-0.25, -0.2) is 4.68 Å². The lowest BCUT2D eigenvalue weighted by Crippen LogP contribution is -1.99. The van der Waals surface area contributed by atoms with E-state index in [1.807, 2.05) is 0 Å². The van der Waals surface area contributed by atoms with Gasteiger partial charge < -0.3 is 21.1 Å². The monoisotopic (exact) mass is 655 g/mol. The zero-order valence-corrected chi connectivity index (χ0v) is 24.1. The number of hydrogen-bond donors (Lipinski definition) is 4. The zero-order valence-electron chi connectivity index (χ0n) is 19.5. The van der Waals surface area contributed by atoms with E-state index in [1.165, 1.54) is 16.8 Å². The number of anilines is 1. The Morgan fingerprint density at radius 3 is 1.72 bits per heavy atom. The average molecular weight is 658 g/mol. The van der Waals surface area contributed by atoms with E-state index in [0.29, 0.717) is 42.6 Å². The Labute approximate surface area is 252 Å². The Hall–Kier alpha value is -2.38. The number of nitro benzene ring substituents is 1. The molecule has 39 heavy (non-hydrogen) atoms. The summed E-state index contributed by atoms with van der Waals surface area (Å²) in [6.07, 6.45) is 3.21. The van der Waals surface area contributed by atoms with Crippen LogP contribution in [0.4, 0.5) is 11.4 Å². The van der Waals surface area contributed by atoms with Crippen LogP contribution in [0.15, 0.2) is 48.8 Å². The van der Waals surface area contributed by atoms with Crippen LogP contribution >= 0.6 is 69.6 Å². The maximum absolute atomic E-state index is 10.4. The van der Waals surface area contributed by atoms with E-state index in [2.05, 4.69) is 10.3 Å². The van der Waals surface area contributed by atoms with E-state index >= 15 is 0 Å². The fourth-order valence-corrected chi connectivity index (χ4v) is 4.50. The van der Waals surface area contributed by atoms with Crippen molar-refractivity contribution in [3.63, 3.8) is 0 Å². The molecule has 0 aliphatic heterocycles. The number of rotatable bonds is 5. The molecule has 0 unspecified atom stereocenters. The number of aliphatic hydroxyl groups is 3. The summed E-state index contributed by atoms with van der Waals surface area (Å²) in [5.41, 5.74) is 7.43. The van der Waals surface area contributed by atoms with Crippen LogP contribution in [-0.4, -0.2) is 35.2 Å². The number of aromatic nitrogens is 3. The highest BCUT2D eigenvalue weighted by molar-refractivity contribution is 6.38. The Morgan fingerprint density at radius 2 is 1.26 bits per heavy atom. The van der Waals surface area contributed by atoms with Crippen LogP contribution in [0.1, 0.15) is 16.7 Å². The first-order chi connectivity index (χ1) is 18.5. The van der Waals surface area contributed by atoms with Gasteiger partial charge in [0.1, 0.15) is 5.02 Å². The molecule has 0 bridgehead atoms. The summed E-state index contributed by atoms with van der Waals surface area (Å²) in [7, 11) is 0. The van der Waals surface area contributed by atoms with Gasteiger partial charge in [0.15, 0.2) is 0 Å². The maximum atomic E-state index is 10.4. The highest BCUT2D eigenvalue weighted by atomic mass is 35.5. The van der Waals surface area contributed by atoms with Gasteiger partial charge >= 0.3 is 0 Å². The van der Waals surface area contributed by atoms with E-state index in [4.69, 9.17) is 90.7 Å². The Bertz CT molecular complexity index is 1440. The summed E-state index contributed by atoms with van der Waals surface area (Å²) >= 11 is 34.6. The van der Waals surface area contributed by atoms with Crippen molar-refractivity contribution in [3.05, 3.63) is 106 Å². The van der Waals surface area contributed by atoms with E-state index in [-0.39, 0.29) is 34.5 Å². The standard InChI is InChI=1S/C9H7Cl2N3O.C7H5Cl2NO3.C7H7Cl2NO/c10-7-1-2-8(9(11)6(7)5-15)14-4-3-12-13-14;8-5-1-2-6(10(12)13)7(9)4(5)3-11;8-5-1-2-6(10)7(9)4(5)3-11/h1-4,15H,5H2;1-2,11H,3H2;1-2,11H,3,10H2. The normalized spacial score (nSPS) is 10.3. The van der Waals surface area contributed by atoms with Crippen LogP contribution in [0.5, 0.6) is 0 Å². The number of halogens is 6. The molecule has 0 fully saturated rings. The molecule has 4 rings (SSSR count).